The van der Waals surface area contributed by atoms with Crippen molar-refractivity contribution in [1.29, 1.82) is 0 Å². The van der Waals surface area contributed by atoms with E-state index in [9.17, 15) is 0 Å². The predicted molar refractivity (Wildman–Crippen MR) is 91.1 cm³/mol. The molecule has 1 aromatic carbocycles. The SMILES string of the molecule is CC1CCCN(c2cc(NC(C)c3ccccc3)ncn2)C1. The lowest BCUT2D eigenvalue weighted by molar-refractivity contribution is 0.444. The van der Waals surface area contributed by atoms with Crippen molar-refractivity contribution in [3.63, 3.8) is 0 Å². The molecule has 1 fully saturated rings. The molecule has 0 bridgehead atoms. The molecule has 2 atom stereocenters. The van der Waals surface area contributed by atoms with Gasteiger partial charge in [0.2, 0.25) is 0 Å². The van der Waals surface area contributed by atoms with Crippen molar-refractivity contribution in [2.45, 2.75) is 32.7 Å². The molecule has 2 heterocycles. The van der Waals surface area contributed by atoms with Gasteiger partial charge in [0.15, 0.2) is 0 Å². The topological polar surface area (TPSA) is 41.0 Å². The highest BCUT2D eigenvalue weighted by Crippen LogP contribution is 2.24. The Bertz CT molecular complexity index is 599. The van der Waals surface area contributed by atoms with Crippen LogP contribution in [-0.2, 0) is 0 Å². The van der Waals surface area contributed by atoms with Crippen molar-refractivity contribution in [3.8, 4) is 0 Å². The fraction of sp³-hybridized carbons (Fsp3) is 0.444. The normalized spacial score (nSPS) is 19.7. The summed E-state index contributed by atoms with van der Waals surface area (Å²) in [7, 11) is 0. The van der Waals surface area contributed by atoms with Crippen molar-refractivity contribution in [1.82, 2.24) is 9.97 Å². The van der Waals surface area contributed by atoms with Gasteiger partial charge in [0.1, 0.15) is 18.0 Å². The number of hydrogen-bond acceptors (Lipinski definition) is 4. The van der Waals surface area contributed by atoms with E-state index in [0.717, 1.165) is 30.6 Å². The maximum absolute atomic E-state index is 4.45. The minimum Gasteiger partial charge on any atom is -0.363 e. The van der Waals surface area contributed by atoms with Crippen LogP contribution in [0.4, 0.5) is 11.6 Å². The van der Waals surface area contributed by atoms with E-state index in [2.05, 4.69) is 64.4 Å². The van der Waals surface area contributed by atoms with Crippen LogP contribution in [0.2, 0.25) is 0 Å². The Hall–Kier alpha value is -2.10. The summed E-state index contributed by atoms with van der Waals surface area (Å²) >= 11 is 0. The van der Waals surface area contributed by atoms with Crippen molar-refractivity contribution in [3.05, 3.63) is 48.3 Å². The Balaban J connectivity index is 1.71. The summed E-state index contributed by atoms with van der Waals surface area (Å²) in [5, 5.41) is 3.47. The van der Waals surface area contributed by atoms with Crippen LogP contribution >= 0.6 is 0 Å². The Morgan fingerprint density at radius 1 is 1.23 bits per heavy atom. The standard InChI is InChI=1S/C18H24N4/c1-14-7-6-10-22(12-14)18-11-17(19-13-20-18)21-15(2)16-8-4-3-5-9-16/h3-5,8-9,11,13-15H,6-7,10,12H2,1-2H3,(H,19,20,21). The number of benzene rings is 1. The van der Waals surface area contributed by atoms with Gasteiger partial charge in [-0.15, -0.1) is 0 Å². The van der Waals surface area contributed by atoms with E-state index < -0.39 is 0 Å². The van der Waals surface area contributed by atoms with E-state index in [1.54, 1.807) is 6.33 Å². The Kier molecular flexibility index (Phi) is 4.56. The molecule has 1 aromatic heterocycles. The third-order valence-corrected chi connectivity index (χ3v) is 4.30. The molecule has 4 heteroatoms. The fourth-order valence-corrected chi connectivity index (χ4v) is 3.04. The van der Waals surface area contributed by atoms with Gasteiger partial charge in [-0.3, -0.25) is 0 Å². The van der Waals surface area contributed by atoms with Gasteiger partial charge in [-0.05, 0) is 31.2 Å². The zero-order valence-corrected chi connectivity index (χ0v) is 13.4. The molecule has 3 rings (SSSR count). The van der Waals surface area contributed by atoms with Gasteiger partial charge >= 0.3 is 0 Å². The van der Waals surface area contributed by atoms with Crippen LogP contribution < -0.4 is 10.2 Å². The first-order valence-corrected chi connectivity index (χ1v) is 8.11. The first-order chi connectivity index (χ1) is 10.7. The summed E-state index contributed by atoms with van der Waals surface area (Å²) in [6.07, 6.45) is 4.22. The molecular weight excluding hydrogens is 272 g/mol. The number of piperidine rings is 1. The van der Waals surface area contributed by atoms with Crippen LogP contribution in [0.15, 0.2) is 42.7 Å². The lowest BCUT2D eigenvalue weighted by atomic mass is 10.0. The van der Waals surface area contributed by atoms with E-state index in [-0.39, 0.29) is 6.04 Å². The monoisotopic (exact) mass is 296 g/mol. The number of hydrogen-bond donors (Lipinski definition) is 1. The molecule has 2 unspecified atom stereocenters. The largest absolute Gasteiger partial charge is 0.363 e. The van der Waals surface area contributed by atoms with Gasteiger partial charge in [0, 0.05) is 25.2 Å². The summed E-state index contributed by atoms with van der Waals surface area (Å²) in [5.74, 6) is 2.66. The van der Waals surface area contributed by atoms with Crippen LogP contribution in [-0.4, -0.2) is 23.1 Å². The van der Waals surface area contributed by atoms with E-state index in [4.69, 9.17) is 0 Å². The lowest BCUT2D eigenvalue weighted by Gasteiger charge is -2.32. The first-order valence-electron chi connectivity index (χ1n) is 8.11. The molecule has 22 heavy (non-hydrogen) atoms. The molecule has 1 N–H and O–H groups in total. The first kappa shape index (κ1) is 14.8. The number of aromatic nitrogens is 2. The maximum Gasteiger partial charge on any atom is 0.134 e. The fourth-order valence-electron chi connectivity index (χ4n) is 3.04. The summed E-state index contributed by atoms with van der Waals surface area (Å²) in [6.45, 7) is 6.64. The van der Waals surface area contributed by atoms with Crippen LogP contribution in [0.25, 0.3) is 0 Å². The quantitative estimate of drug-likeness (QED) is 0.929. The molecule has 0 aliphatic carbocycles. The van der Waals surface area contributed by atoms with Gasteiger partial charge in [-0.2, -0.15) is 0 Å². The molecular formula is C18H24N4. The van der Waals surface area contributed by atoms with Crippen molar-refractivity contribution < 1.29 is 0 Å². The molecule has 1 aliphatic rings. The van der Waals surface area contributed by atoms with E-state index >= 15 is 0 Å². The third-order valence-electron chi connectivity index (χ3n) is 4.30. The maximum atomic E-state index is 4.45. The molecule has 1 aliphatic heterocycles. The zero-order chi connectivity index (χ0) is 15.4. The number of rotatable bonds is 4. The second-order valence-electron chi connectivity index (χ2n) is 6.23. The van der Waals surface area contributed by atoms with Crippen LogP contribution in [0.1, 0.15) is 38.3 Å². The third kappa shape index (κ3) is 3.56. The van der Waals surface area contributed by atoms with Crippen molar-refractivity contribution in [2.24, 2.45) is 5.92 Å². The highest BCUT2D eigenvalue weighted by atomic mass is 15.2. The molecule has 0 amide bonds. The van der Waals surface area contributed by atoms with Crippen LogP contribution in [0.3, 0.4) is 0 Å². The average Bonchev–Trinajstić information content (AvgIpc) is 2.56. The van der Waals surface area contributed by atoms with Crippen molar-refractivity contribution >= 4 is 11.6 Å². The van der Waals surface area contributed by atoms with Crippen molar-refractivity contribution in [2.75, 3.05) is 23.3 Å². The minimum atomic E-state index is 0.226. The highest BCUT2D eigenvalue weighted by Gasteiger charge is 2.18. The number of nitrogens with one attached hydrogen (secondary N) is 1. The second kappa shape index (κ2) is 6.77. The minimum absolute atomic E-state index is 0.226. The zero-order valence-electron chi connectivity index (χ0n) is 13.4. The van der Waals surface area contributed by atoms with Gasteiger partial charge in [0.05, 0.1) is 0 Å². The predicted octanol–water partition coefficient (Wildman–Crippen LogP) is 3.89. The molecule has 4 nitrogen and oxygen atoms in total. The molecule has 0 radical (unpaired) electrons. The number of anilines is 2. The molecule has 2 aromatic rings. The molecule has 0 spiro atoms. The summed E-state index contributed by atoms with van der Waals surface area (Å²) in [6, 6.07) is 12.7. The van der Waals surface area contributed by atoms with E-state index in [1.165, 1.54) is 18.4 Å². The van der Waals surface area contributed by atoms with Gasteiger partial charge in [0.25, 0.3) is 0 Å². The molecule has 0 saturated carbocycles. The molecule has 116 valence electrons. The second-order valence-corrected chi connectivity index (χ2v) is 6.23. The summed E-state index contributed by atoms with van der Waals surface area (Å²) in [4.78, 5) is 11.2. The van der Waals surface area contributed by atoms with Gasteiger partial charge < -0.3 is 10.2 Å². The number of nitrogens with zero attached hydrogens (tertiary/aromatic N) is 3. The van der Waals surface area contributed by atoms with E-state index in [1.807, 2.05) is 6.07 Å². The smallest absolute Gasteiger partial charge is 0.134 e. The van der Waals surface area contributed by atoms with Gasteiger partial charge in [-0.1, -0.05) is 37.3 Å². The summed E-state index contributed by atoms with van der Waals surface area (Å²) in [5.41, 5.74) is 1.26. The van der Waals surface area contributed by atoms with Crippen LogP contribution in [0.5, 0.6) is 0 Å². The molecule has 1 saturated heterocycles. The lowest BCUT2D eigenvalue weighted by Crippen LogP contribution is -2.34. The Labute approximate surface area is 132 Å². The Morgan fingerprint density at radius 2 is 2.05 bits per heavy atom. The van der Waals surface area contributed by atoms with E-state index in [0.29, 0.717) is 0 Å². The summed E-state index contributed by atoms with van der Waals surface area (Å²) < 4.78 is 0. The average molecular weight is 296 g/mol. The Morgan fingerprint density at radius 3 is 2.82 bits per heavy atom. The van der Waals surface area contributed by atoms with Crippen LogP contribution in [0, 0.1) is 5.92 Å². The van der Waals surface area contributed by atoms with Gasteiger partial charge in [-0.25, -0.2) is 9.97 Å². The highest BCUT2D eigenvalue weighted by molar-refractivity contribution is 5.49.